The lowest BCUT2D eigenvalue weighted by Crippen LogP contribution is -2.46. The van der Waals surface area contributed by atoms with Gasteiger partial charge in [-0.3, -0.25) is 4.90 Å². The molecule has 0 amide bonds. The van der Waals surface area contributed by atoms with Crippen molar-refractivity contribution in [2.45, 2.75) is 62.4 Å². The quantitative estimate of drug-likeness (QED) is 0.818. The Balaban J connectivity index is 1.83. The minimum absolute atomic E-state index is 0.778. The van der Waals surface area contributed by atoms with E-state index in [1.807, 2.05) is 0 Å². The van der Waals surface area contributed by atoms with E-state index < -0.39 is 0 Å². The zero-order valence-electron chi connectivity index (χ0n) is 10.9. The van der Waals surface area contributed by atoms with E-state index in [-0.39, 0.29) is 0 Å². The van der Waals surface area contributed by atoms with Gasteiger partial charge in [0.25, 0.3) is 0 Å². The van der Waals surface area contributed by atoms with Gasteiger partial charge in [0.2, 0.25) is 0 Å². The second-order valence-corrected chi connectivity index (χ2v) is 6.88. The Morgan fingerprint density at radius 3 is 2.31 bits per heavy atom. The maximum atomic E-state index is 3.42. The molecule has 1 saturated carbocycles. The number of hydrogen-bond donors (Lipinski definition) is 1. The van der Waals surface area contributed by atoms with Gasteiger partial charge in [0.15, 0.2) is 0 Å². The maximum absolute atomic E-state index is 3.42. The van der Waals surface area contributed by atoms with Gasteiger partial charge >= 0.3 is 0 Å². The molecule has 2 nitrogen and oxygen atoms in total. The number of hydrogen-bond acceptors (Lipinski definition) is 3. The van der Waals surface area contributed by atoms with Crippen molar-refractivity contribution in [1.82, 2.24) is 10.2 Å². The summed E-state index contributed by atoms with van der Waals surface area (Å²) in [6.45, 7) is 2.40. The fraction of sp³-hybridized carbons (Fsp3) is 1.00. The van der Waals surface area contributed by atoms with Gasteiger partial charge in [-0.2, -0.15) is 11.8 Å². The number of thioether (sulfide) groups is 1. The SMILES string of the molecule is CNC1CCC(N(C)C2CCSC2C)CC1. The Morgan fingerprint density at radius 2 is 1.81 bits per heavy atom. The van der Waals surface area contributed by atoms with Crippen molar-refractivity contribution in [2.75, 3.05) is 19.8 Å². The number of rotatable bonds is 3. The van der Waals surface area contributed by atoms with Crippen LogP contribution in [0.25, 0.3) is 0 Å². The molecule has 1 heterocycles. The van der Waals surface area contributed by atoms with E-state index in [2.05, 4.69) is 43.0 Å². The third kappa shape index (κ3) is 2.74. The van der Waals surface area contributed by atoms with Gasteiger partial charge < -0.3 is 5.32 Å². The molecule has 2 atom stereocenters. The van der Waals surface area contributed by atoms with E-state index in [4.69, 9.17) is 0 Å². The summed E-state index contributed by atoms with van der Waals surface area (Å²) in [5.74, 6) is 1.36. The van der Waals surface area contributed by atoms with Crippen LogP contribution in [0.3, 0.4) is 0 Å². The molecule has 2 aliphatic rings. The zero-order valence-corrected chi connectivity index (χ0v) is 11.7. The fourth-order valence-corrected chi connectivity index (χ4v) is 4.60. The van der Waals surface area contributed by atoms with Crippen molar-refractivity contribution in [3.05, 3.63) is 0 Å². The van der Waals surface area contributed by atoms with Crippen molar-refractivity contribution in [3.8, 4) is 0 Å². The minimum Gasteiger partial charge on any atom is -0.317 e. The second kappa shape index (κ2) is 5.74. The van der Waals surface area contributed by atoms with E-state index >= 15 is 0 Å². The Morgan fingerprint density at radius 1 is 1.12 bits per heavy atom. The van der Waals surface area contributed by atoms with E-state index in [1.54, 1.807) is 0 Å². The van der Waals surface area contributed by atoms with Crippen LogP contribution in [-0.2, 0) is 0 Å². The van der Waals surface area contributed by atoms with Crippen molar-refractivity contribution in [2.24, 2.45) is 0 Å². The highest BCUT2D eigenvalue weighted by atomic mass is 32.2. The van der Waals surface area contributed by atoms with Gasteiger partial charge in [0, 0.05) is 23.4 Å². The van der Waals surface area contributed by atoms with Crippen LogP contribution in [0.2, 0.25) is 0 Å². The molecular formula is C13H26N2S. The molecule has 94 valence electrons. The molecule has 0 aromatic heterocycles. The molecule has 0 bridgehead atoms. The summed E-state index contributed by atoms with van der Waals surface area (Å²) < 4.78 is 0. The molecule has 16 heavy (non-hydrogen) atoms. The molecule has 1 N–H and O–H groups in total. The van der Waals surface area contributed by atoms with Gasteiger partial charge in [0.05, 0.1) is 0 Å². The van der Waals surface area contributed by atoms with Crippen LogP contribution in [0.1, 0.15) is 39.0 Å². The highest BCUT2D eigenvalue weighted by Gasteiger charge is 2.32. The topological polar surface area (TPSA) is 15.3 Å². The van der Waals surface area contributed by atoms with Crippen LogP contribution in [0.5, 0.6) is 0 Å². The first-order valence-electron chi connectivity index (χ1n) is 6.73. The first-order chi connectivity index (χ1) is 7.72. The van der Waals surface area contributed by atoms with Gasteiger partial charge in [-0.15, -0.1) is 0 Å². The Kier molecular flexibility index (Phi) is 4.57. The lowest BCUT2D eigenvalue weighted by molar-refractivity contribution is 0.128. The highest BCUT2D eigenvalue weighted by Crippen LogP contribution is 2.33. The molecule has 1 saturated heterocycles. The van der Waals surface area contributed by atoms with Gasteiger partial charge in [-0.25, -0.2) is 0 Å². The first-order valence-corrected chi connectivity index (χ1v) is 7.78. The Labute approximate surface area is 105 Å². The molecule has 0 spiro atoms. The van der Waals surface area contributed by atoms with Gasteiger partial charge in [-0.1, -0.05) is 6.92 Å². The smallest absolute Gasteiger partial charge is 0.0219 e. The van der Waals surface area contributed by atoms with E-state index in [0.29, 0.717) is 0 Å². The molecule has 0 radical (unpaired) electrons. The molecule has 1 aliphatic heterocycles. The molecule has 1 aliphatic carbocycles. The second-order valence-electron chi connectivity index (χ2n) is 5.39. The first kappa shape index (κ1) is 12.7. The van der Waals surface area contributed by atoms with Crippen LogP contribution in [0, 0.1) is 0 Å². The molecule has 3 heteroatoms. The number of nitrogens with zero attached hydrogens (tertiary/aromatic N) is 1. The average molecular weight is 242 g/mol. The lowest BCUT2D eigenvalue weighted by atomic mass is 9.89. The van der Waals surface area contributed by atoms with E-state index in [0.717, 1.165) is 23.4 Å². The third-order valence-electron chi connectivity index (χ3n) is 4.54. The van der Waals surface area contributed by atoms with Crippen LogP contribution in [0.15, 0.2) is 0 Å². The zero-order chi connectivity index (χ0) is 11.5. The standard InChI is InChI=1S/C13H26N2S/c1-10-13(8-9-16-10)15(3)12-6-4-11(14-2)5-7-12/h10-14H,4-9H2,1-3H3. The van der Waals surface area contributed by atoms with Crippen molar-refractivity contribution >= 4 is 11.8 Å². The summed E-state index contributed by atoms with van der Waals surface area (Å²) in [5.41, 5.74) is 0. The predicted octanol–water partition coefficient (Wildman–Crippen LogP) is 2.34. The fourth-order valence-electron chi connectivity index (χ4n) is 3.30. The molecule has 0 aromatic carbocycles. The van der Waals surface area contributed by atoms with Gasteiger partial charge in [0.1, 0.15) is 0 Å². The maximum Gasteiger partial charge on any atom is 0.0219 e. The summed E-state index contributed by atoms with van der Waals surface area (Å²) >= 11 is 2.15. The van der Waals surface area contributed by atoms with Gasteiger partial charge in [-0.05, 0) is 52.0 Å². The number of nitrogens with one attached hydrogen (secondary N) is 1. The molecule has 2 rings (SSSR count). The molecule has 0 aromatic rings. The Bertz CT molecular complexity index is 214. The summed E-state index contributed by atoms with van der Waals surface area (Å²) in [5, 5.41) is 4.26. The summed E-state index contributed by atoms with van der Waals surface area (Å²) in [6.07, 6.45) is 6.89. The third-order valence-corrected chi connectivity index (χ3v) is 5.85. The summed E-state index contributed by atoms with van der Waals surface area (Å²) in [4.78, 5) is 2.69. The minimum atomic E-state index is 0.778. The average Bonchev–Trinajstić information content (AvgIpc) is 2.75. The summed E-state index contributed by atoms with van der Waals surface area (Å²) in [6, 6.07) is 2.46. The highest BCUT2D eigenvalue weighted by molar-refractivity contribution is 8.00. The summed E-state index contributed by atoms with van der Waals surface area (Å²) in [7, 11) is 4.46. The molecular weight excluding hydrogens is 216 g/mol. The van der Waals surface area contributed by atoms with Crippen LogP contribution < -0.4 is 5.32 Å². The van der Waals surface area contributed by atoms with Crippen molar-refractivity contribution < 1.29 is 0 Å². The van der Waals surface area contributed by atoms with E-state index in [1.165, 1.54) is 37.9 Å². The molecule has 2 fully saturated rings. The molecule has 2 unspecified atom stereocenters. The lowest BCUT2D eigenvalue weighted by Gasteiger charge is -2.39. The monoisotopic (exact) mass is 242 g/mol. The van der Waals surface area contributed by atoms with Crippen LogP contribution in [-0.4, -0.2) is 48.1 Å². The van der Waals surface area contributed by atoms with Crippen molar-refractivity contribution in [1.29, 1.82) is 0 Å². The van der Waals surface area contributed by atoms with Crippen LogP contribution in [0.4, 0.5) is 0 Å². The van der Waals surface area contributed by atoms with Crippen molar-refractivity contribution in [3.63, 3.8) is 0 Å². The van der Waals surface area contributed by atoms with Crippen LogP contribution >= 0.6 is 11.8 Å². The normalized spacial score (nSPS) is 40.5. The van der Waals surface area contributed by atoms with E-state index in [9.17, 15) is 0 Å². The Hall–Kier alpha value is 0.270. The largest absolute Gasteiger partial charge is 0.317 e. The predicted molar refractivity (Wildman–Crippen MR) is 73.2 cm³/mol.